The zero-order chi connectivity index (χ0) is 24.5. The molecule has 172 valence electrons. The summed E-state index contributed by atoms with van der Waals surface area (Å²) >= 11 is 18.6. The van der Waals surface area contributed by atoms with E-state index in [1.165, 1.54) is 0 Å². The Bertz CT molecular complexity index is 1610. The van der Waals surface area contributed by atoms with E-state index in [2.05, 4.69) is 21.5 Å². The van der Waals surface area contributed by atoms with E-state index in [1.807, 2.05) is 24.3 Å². The average Bonchev–Trinajstić information content (AvgIpc) is 3.45. The second kappa shape index (κ2) is 9.47. The number of nitriles is 1. The molecule has 0 unspecified atom stereocenters. The second-order valence-corrected chi connectivity index (χ2v) is 9.01. The fraction of sp³-hybridized carbons (Fsp3) is 0.0385. The number of nitrogens with zero attached hydrogens (tertiary/aromatic N) is 3. The van der Waals surface area contributed by atoms with Crippen molar-refractivity contribution in [3.8, 4) is 23.0 Å². The average molecular weight is 521 g/mol. The van der Waals surface area contributed by atoms with Gasteiger partial charge in [-0.05, 0) is 36.4 Å². The Hall–Kier alpha value is -3.76. The molecule has 2 aromatic heterocycles. The fourth-order valence-electron chi connectivity index (χ4n) is 3.92. The molecule has 2 heterocycles. The molecule has 0 aliphatic rings. The summed E-state index contributed by atoms with van der Waals surface area (Å²) < 4.78 is 1.59. The number of hydrogen-bond acceptors (Lipinski definition) is 3. The molecule has 0 spiro atoms. The lowest BCUT2D eigenvalue weighted by Crippen LogP contribution is -2.23. The first-order chi connectivity index (χ1) is 17.0. The summed E-state index contributed by atoms with van der Waals surface area (Å²) in [4.78, 5) is 16.0. The van der Waals surface area contributed by atoms with Gasteiger partial charge in [-0.2, -0.15) is 10.4 Å². The van der Waals surface area contributed by atoms with Gasteiger partial charge >= 0.3 is 0 Å². The first kappa shape index (κ1) is 23.0. The van der Waals surface area contributed by atoms with Crippen molar-refractivity contribution in [2.24, 2.45) is 0 Å². The van der Waals surface area contributed by atoms with Crippen molar-refractivity contribution in [2.45, 2.75) is 6.54 Å². The SMILES string of the molecule is N#Cc1c(CNC(=O)c2c[nH]c3ccccc23)nn(-c2ccc(Cl)cc2Cl)c1-c1ccc(Cl)cc1. The van der Waals surface area contributed by atoms with E-state index in [0.29, 0.717) is 43.3 Å². The Morgan fingerprint density at radius 1 is 1.03 bits per heavy atom. The molecule has 5 rings (SSSR count). The number of aromatic nitrogens is 3. The number of fused-ring (bicyclic) bond motifs is 1. The minimum atomic E-state index is -0.279. The predicted octanol–water partition coefficient (Wildman–Crippen LogP) is 6.78. The van der Waals surface area contributed by atoms with Crippen LogP contribution in [0.3, 0.4) is 0 Å². The molecule has 0 radical (unpaired) electrons. The Labute approximate surface area is 215 Å². The first-order valence-electron chi connectivity index (χ1n) is 10.5. The summed E-state index contributed by atoms with van der Waals surface area (Å²) in [6.07, 6.45) is 1.66. The summed E-state index contributed by atoms with van der Waals surface area (Å²) in [5.74, 6) is -0.279. The highest BCUT2D eigenvalue weighted by atomic mass is 35.5. The van der Waals surface area contributed by atoms with E-state index >= 15 is 0 Å². The number of carbonyl (C=O) groups excluding carboxylic acids is 1. The van der Waals surface area contributed by atoms with E-state index in [-0.39, 0.29) is 12.5 Å². The van der Waals surface area contributed by atoms with Gasteiger partial charge in [-0.25, -0.2) is 4.68 Å². The summed E-state index contributed by atoms with van der Waals surface area (Å²) in [6.45, 7) is 0.0417. The van der Waals surface area contributed by atoms with Crippen molar-refractivity contribution in [3.63, 3.8) is 0 Å². The zero-order valence-corrected chi connectivity index (χ0v) is 20.3. The molecule has 3 aromatic carbocycles. The Balaban J connectivity index is 1.56. The van der Waals surface area contributed by atoms with Crippen molar-refractivity contribution in [2.75, 3.05) is 0 Å². The summed E-state index contributed by atoms with van der Waals surface area (Å²) in [5, 5.41) is 19.9. The Morgan fingerprint density at radius 3 is 2.51 bits per heavy atom. The number of benzene rings is 3. The molecule has 0 atom stereocenters. The van der Waals surface area contributed by atoms with Crippen LogP contribution in [0.1, 0.15) is 21.6 Å². The van der Waals surface area contributed by atoms with Crippen LogP contribution in [-0.4, -0.2) is 20.7 Å². The van der Waals surface area contributed by atoms with Gasteiger partial charge < -0.3 is 10.3 Å². The normalized spacial score (nSPS) is 10.9. The van der Waals surface area contributed by atoms with E-state index in [0.717, 1.165) is 16.5 Å². The van der Waals surface area contributed by atoms with Gasteiger partial charge in [0, 0.05) is 32.7 Å². The van der Waals surface area contributed by atoms with Crippen LogP contribution < -0.4 is 5.32 Å². The quantitative estimate of drug-likeness (QED) is 0.268. The van der Waals surface area contributed by atoms with Crippen LogP contribution in [0, 0.1) is 11.3 Å². The highest BCUT2D eigenvalue weighted by Gasteiger charge is 2.23. The fourth-order valence-corrected chi connectivity index (χ4v) is 4.54. The number of halogens is 3. The Morgan fingerprint density at radius 2 is 1.77 bits per heavy atom. The molecule has 0 saturated heterocycles. The van der Waals surface area contributed by atoms with E-state index < -0.39 is 0 Å². The number of aromatic amines is 1. The van der Waals surface area contributed by atoms with Gasteiger partial charge in [0.1, 0.15) is 17.3 Å². The maximum Gasteiger partial charge on any atom is 0.253 e. The number of carbonyl (C=O) groups is 1. The van der Waals surface area contributed by atoms with E-state index in [1.54, 1.807) is 53.3 Å². The van der Waals surface area contributed by atoms with Gasteiger partial charge in [-0.3, -0.25) is 4.79 Å². The molecule has 9 heteroatoms. The van der Waals surface area contributed by atoms with Crippen molar-refractivity contribution in [3.05, 3.63) is 105 Å². The van der Waals surface area contributed by atoms with Gasteiger partial charge in [-0.15, -0.1) is 0 Å². The van der Waals surface area contributed by atoms with Crippen LogP contribution in [0.4, 0.5) is 0 Å². The van der Waals surface area contributed by atoms with Crippen LogP contribution in [0.25, 0.3) is 27.8 Å². The third-order valence-corrected chi connectivity index (χ3v) is 6.37. The van der Waals surface area contributed by atoms with Crippen molar-refractivity contribution < 1.29 is 4.79 Å². The van der Waals surface area contributed by atoms with E-state index in [4.69, 9.17) is 34.8 Å². The smallest absolute Gasteiger partial charge is 0.253 e. The third kappa shape index (κ3) is 4.38. The van der Waals surface area contributed by atoms with Crippen LogP contribution >= 0.6 is 34.8 Å². The number of H-pyrrole nitrogens is 1. The number of hydrogen-bond donors (Lipinski definition) is 2. The van der Waals surface area contributed by atoms with E-state index in [9.17, 15) is 10.1 Å². The molecule has 0 bridgehead atoms. The molecule has 0 fully saturated rings. The summed E-state index contributed by atoms with van der Waals surface area (Å²) in [5.41, 5.74) is 3.89. The lowest BCUT2D eigenvalue weighted by Gasteiger charge is -2.10. The molecule has 0 saturated carbocycles. The van der Waals surface area contributed by atoms with Crippen LogP contribution in [0.15, 0.2) is 72.9 Å². The van der Waals surface area contributed by atoms with Crippen LogP contribution in [0.2, 0.25) is 15.1 Å². The molecule has 0 aliphatic heterocycles. The van der Waals surface area contributed by atoms with Crippen LogP contribution in [-0.2, 0) is 6.54 Å². The van der Waals surface area contributed by atoms with Gasteiger partial charge in [0.25, 0.3) is 5.91 Å². The monoisotopic (exact) mass is 519 g/mol. The Kier molecular flexibility index (Phi) is 6.23. The molecule has 1 amide bonds. The van der Waals surface area contributed by atoms with Gasteiger partial charge in [-0.1, -0.05) is 65.1 Å². The summed E-state index contributed by atoms with van der Waals surface area (Å²) in [7, 11) is 0. The maximum atomic E-state index is 13.0. The van der Waals surface area contributed by atoms with Crippen molar-refractivity contribution >= 4 is 51.6 Å². The van der Waals surface area contributed by atoms with Gasteiger partial charge in [0.2, 0.25) is 0 Å². The minimum absolute atomic E-state index is 0.0417. The largest absolute Gasteiger partial charge is 0.360 e. The maximum absolute atomic E-state index is 13.0. The first-order valence-corrected chi connectivity index (χ1v) is 11.7. The number of nitrogens with one attached hydrogen (secondary N) is 2. The van der Waals surface area contributed by atoms with Crippen LogP contribution in [0.5, 0.6) is 0 Å². The molecule has 5 aromatic rings. The number of para-hydroxylation sites is 1. The molecule has 6 nitrogen and oxygen atoms in total. The van der Waals surface area contributed by atoms with Gasteiger partial charge in [0.15, 0.2) is 0 Å². The van der Waals surface area contributed by atoms with Gasteiger partial charge in [0.05, 0.1) is 28.5 Å². The number of amides is 1. The highest BCUT2D eigenvalue weighted by Crippen LogP contribution is 2.33. The predicted molar refractivity (Wildman–Crippen MR) is 138 cm³/mol. The molecule has 0 aliphatic carbocycles. The molecule has 35 heavy (non-hydrogen) atoms. The summed E-state index contributed by atoms with van der Waals surface area (Å²) in [6, 6.07) is 21.9. The molecule has 2 N–H and O–H groups in total. The molecular formula is C26H16Cl3N5O. The molecular weight excluding hydrogens is 505 g/mol. The second-order valence-electron chi connectivity index (χ2n) is 7.73. The zero-order valence-electron chi connectivity index (χ0n) is 18.0. The lowest BCUT2D eigenvalue weighted by atomic mass is 10.1. The van der Waals surface area contributed by atoms with Crippen molar-refractivity contribution in [1.82, 2.24) is 20.1 Å². The third-order valence-electron chi connectivity index (χ3n) is 5.58. The van der Waals surface area contributed by atoms with Crippen molar-refractivity contribution in [1.29, 1.82) is 5.26 Å². The number of rotatable bonds is 5. The minimum Gasteiger partial charge on any atom is -0.360 e. The topological polar surface area (TPSA) is 86.5 Å². The standard InChI is InChI=1S/C26H16Cl3N5O/c27-16-7-5-15(6-8-16)25-19(12-30)23(33-34(25)24-10-9-17(28)11-21(24)29)14-32-26(35)20-13-31-22-4-2-1-3-18(20)22/h1-11,13,31H,14H2,(H,32,35). The lowest BCUT2D eigenvalue weighted by molar-refractivity contribution is 0.0952. The highest BCUT2D eigenvalue weighted by molar-refractivity contribution is 6.35.